The third-order valence-electron chi connectivity index (χ3n) is 2.78. The summed E-state index contributed by atoms with van der Waals surface area (Å²) in [6.45, 7) is 5.91. The normalized spacial score (nSPS) is 20.7. The Labute approximate surface area is 108 Å². The van der Waals surface area contributed by atoms with Gasteiger partial charge in [0.1, 0.15) is 0 Å². The van der Waals surface area contributed by atoms with Crippen LogP contribution >= 0.6 is 11.6 Å². The molecule has 1 aromatic rings. The second-order valence-corrected chi connectivity index (χ2v) is 5.29. The average molecular weight is 255 g/mol. The van der Waals surface area contributed by atoms with E-state index in [0.29, 0.717) is 0 Å². The highest BCUT2D eigenvalue weighted by Gasteiger charge is 2.21. The molecule has 0 amide bonds. The van der Waals surface area contributed by atoms with Crippen LogP contribution in [-0.4, -0.2) is 29.6 Å². The SMILES string of the molecule is CC(C)Oc1cccnc1N1CCCC(Cl)C1. The summed E-state index contributed by atoms with van der Waals surface area (Å²) in [5.41, 5.74) is 0. The molecule has 17 heavy (non-hydrogen) atoms. The number of hydrogen-bond donors (Lipinski definition) is 0. The van der Waals surface area contributed by atoms with Crippen molar-refractivity contribution in [1.82, 2.24) is 4.98 Å². The van der Waals surface area contributed by atoms with Gasteiger partial charge in [0.2, 0.25) is 0 Å². The number of aromatic nitrogens is 1. The van der Waals surface area contributed by atoms with E-state index < -0.39 is 0 Å². The number of pyridine rings is 1. The van der Waals surface area contributed by atoms with Gasteiger partial charge < -0.3 is 9.64 Å². The average Bonchev–Trinajstić information content (AvgIpc) is 2.29. The summed E-state index contributed by atoms with van der Waals surface area (Å²) >= 11 is 6.21. The van der Waals surface area contributed by atoms with Crippen molar-refractivity contribution >= 4 is 17.4 Å². The summed E-state index contributed by atoms with van der Waals surface area (Å²) in [4.78, 5) is 6.65. The molecule has 0 bridgehead atoms. The Kier molecular flexibility index (Phi) is 4.11. The fraction of sp³-hybridized carbons (Fsp3) is 0.615. The van der Waals surface area contributed by atoms with Gasteiger partial charge in [-0.15, -0.1) is 11.6 Å². The van der Waals surface area contributed by atoms with Gasteiger partial charge in [0.15, 0.2) is 11.6 Å². The van der Waals surface area contributed by atoms with Crippen molar-refractivity contribution in [3.8, 4) is 5.75 Å². The van der Waals surface area contributed by atoms with E-state index in [2.05, 4.69) is 9.88 Å². The minimum Gasteiger partial charge on any atom is -0.487 e. The predicted octanol–water partition coefficient (Wildman–Crippen LogP) is 3.08. The summed E-state index contributed by atoms with van der Waals surface area (Å²) in [6.07, 6.45) is 4.17. The standard InChI is InChI=1S/C13H19ClN2O/c1-10(2)17-12-6-3-7-15-13(12)16-8-4-5-11(14)9-16/h3,6-7,10-11H,4-5,8-9H2,1-2H3. The molecule has 1 saturated heterocycles. The fourth-order valence-corrected chi connectivity index (χ4v) is 2.40. The largest absolute Gasteiger partial charge is 0.487 e. The molecule has 4 heteroatoms. The lowest BCUT2D eigenvalue weighted by atomic mass is 10.1. The van der Waals surface area contributed by atoms with Crippen molar-refractivity contribution < 1.29 is 4.74 Å². The summed E-state index contributed by atoms with van der Waals surface area (Å²) in [5, 5.41) is 0.220. The number of rotatable bonds is 3. The molecule has 1 fully saturated rings. The zero-order valence-electron chi connectivity index (χ0n) is 10.4. The lowest BCUT2D eigenvalue weighted by molar-refractivity contribution is 0.241. The van der Waals surface area contributed by atoms with Crippen LogP contribution in [0.5, 0.6) is 5.75 Å². The number of ether oxygens (including phenoxy) is 1. The second-order valence-electron chi connectivity index (χ2n) is 4.68. The summed E-state index contributed by atoms with van der Waals surface area (Å²) < 4.78 is 5.79. The van der Waals surface area contributed by atoms with Gasteiger partial charge in [-0.2, -0.15) is 0 Å². The molecule has 2 rings (SSSR count). The minimum absolute atomic E-state index is 0.162. The first-order chi connectivity index (χ1) is 8.16. The van der Waals surface area contributed by atoms with Crippen LogP contribution in [0.3, 0.4) is 0 Å². The minimum atomic E-state index is 0.162. The molecule has 0 aliphatic carbocycles. The van der Waals surface area contributed by atoms with E-state index in [-0.39, 0.29) is 11.5 Å². The van der Waals surface area contributed by atoms with E-state index in [9.17, 15) is 0 Å². The van der Waals surface area contributed by atoms with Crippen LogP contribution in [0.4, 0.5) is 5.82 Å². The molecule has 0 radical (unpaired) electrons. The van der Waals surface area contributed by atoms with E-state index >= 15 is 0 Å². The molecule has 94 valence electrons. The smallest absolute Gasteiger partial charge is 0.171 e. The van der Waals surface area contributed by atoms with Crippen LogP contribution in [-0.2, 0) is 0 Å². The van der Waals surface area contributed by atoms with Gasteiger partial charge in [-0.1, -0.05) is 0 Å². The maximum atomic E-state index is 6.21. The van der Waals surface area contributed by atoms with Crippen molar-refractivity contribution in [2.45, 2.75) is 38.2 Å². The second kappa shape index (κ2) is 5.58. The molecule has 0 N–H and O–H groups in total. The molecule has 0 aromatic carbocycles. The Balaban J connectivity index is 2.18. The number of hydrogen-bond acceptors (Lipinski definition) is 3. The van der Waals surface area contributed by atoms with Gasteiger partial charge in [-0.05, 0) is 38.8 Å². The van der Waals surface area contributed by atoms with Crippen molar-refractivity contribution in [3.63, 3.8) is 0 Å². The van der Waals surface area contributed by atoms with Gasteiger partial charge in [0.25, 0.3) is 0 Å². The number of halogens is 1. The van der Waals surface area contributed by atoms with Gasteiger partial charge in [-0.3, -0.25) is 0 Å². The third kappa shape index (κ3) is 3.25. The Morgan fingerprint density at radius 3 is 3.06 bits per heavy atom. The van der Waals surface area contributed by atoms with E-state index in [1.165, 1.54) is 0 Å². The van der Waals surface area contributed by atoms with Crippen molar-refractivity contribution in [3.05, 3.63) is 18.3 Å². The number of piperidine rings is 1. The van der Waals surface area contributed by atoms with Gasteiger partial charge in [0.05, 0.1) is 11.5 Å². The lowest BCUT2D eigenvalue weighted by Gasteiger charge is -2.31. The summed E-state index contributed by atoms with van der Waals surface area (Å²) in [6, 6.07) is 3.88. The van der Waals surface area contributed by atoms with Crippen LogP contribution in [0.2, 0.25) is 0 Å². The Morgan fingerprint density at radius 2 is 2.35 bits per heavy atom. The molecular formula is C13H19ClN2O. The molecular weight excluding hydrogens is 236 g/mol. The Hall–Kier alpha value is -0.960. The van der Waals surface area contributed by atoms with Crippen molar-refractivity contribution in [2.75, 3.05) is 18.0 Å². The highest BCUT2D eigenvalue weighted by Crippen LogP contribution is 2.29. The van der Waals surface area contributed by atoms with E-state index in [1.807, 2.05) is 26.0 Å². The fourth-order valence-electron chi connectivity index (χ4n) is 2.08. The van der Waals surface area contributed by atoms with Crippen molar-refractivity contribution in [1.29, 1.82) is 0 Å². The maximum Gasteiger partial charge on any atom is 0.171 e. The first-order valence-electron chi connectivity index (χ1n) is 6.17. The topological polar surface area (TPSA) is 25.4 Å². The third-order valence-corrected chi connectivity index (χ3v) is 3.13. The van der Waals surface area contributed by atoms with Crippen molar-refractivity contribution in [2.24, 2.45) is 0 Å². The first kappa shape index (κ1) is 12.5. The molecule has 1 aromatic heterocycles. The van der Waals surface area contributed by atoms with Gasteiger partial charge in [-0.25, -0.2) is 4.98 Å². The molecule has 0 saturated carbocycles. The molecule has 1 atom stereocenters. The van der Waals surface area contributed by atoms with Crippen LogP contribution in [0.25, 0.3) is 0 Å². The van der Waals surface area contributed by atoms with Gasteiger partial charge in [0, 0.05) is 19.3 Å². The van der Waals surface area contributed by atoms with Crippen LogP contribution < -0.4 is 9.64 Å². The van der Waals surface area contributed by atoms with E-state index in [0.717, 1.165) is 37.5 Å². The molecule has 1 aliphatic heterocycles. The zero-order chi connectivity index (χ0) is 12.3. The predicted molar refractivity (Wildman–Crippen MR) is 71.1 cm³/mol. The first-order valence-corrected chi connectivity index (χ1v) is 6.61. The number of anilines is 1. The molecule has 2 heterocycles. The molecule has 0 spiro atoms. The van der Waals surface area contributed by atoms with Crippen LogP contribution in [0.15, 0.2) is 18.3 Å². The van der Waals surface area contributed by atoms with Crippen LogP contribution in [0, 0.1) is 0 Å². The molecule has 3 nitrogen and oxygen atoms in total. The quantitative estimate of drug-likeness (QED) is 0.776. The number of nitrogens with zero attached hydrogens (tertiary/aromatic N) is 2. The lowest BCUT2D eigenvalue weighted by Crippen LogP contribution is -2.36. The Bertz CT molecular complexity index is 370. The van der Waals surface area contributed by atoms with E-state index in [4.69, 9.17) is 16.3 Å². The molecule has 1 unspecified atom stereocenters. The van der Waals surface area contributed by atoms with Crippen LogP contribution in [0.1, 0.15) is 26.7 Å². The maximum absolute atomic E-state index is 6.21. The number of alkyl halides is 1. The van der Waals surface area contributed by atoms with Gasteiger partial charge >= 0.3 is 0 Å². The highest BCUT2D eigenvalue weighted by atomic mass is 35.5. The molecule has 1 aliphatic rings. The Morgan fingerprint density at radius 1 is 1.53 bits per heavy atom. The summed E-state index contributed by atoms with van der Waals surface area (Å²) in [5.74, 6) is 1.78. The summed E-state index contributed by atoms with van der Waals surface area (Å²) in [7, 11) is 0. The monoisotopic (exact) mass is 254 g/mol. The zero-order valence-corrected chi connectivity index (χ0v) is 11.2. The van der Waals surface area contributed by atoms with E-state index in [1.54, 1.807) is 6.20 Å². The highest BCUT2D eigenvalue weighted by molar-refractivity contribution is 6.21.